The van der Waals surface area contributed by atoms with Gasteiger partial charge < -0.3 is 4.57 Å². The van der Waals surface area contributed by atoms with Crippen LogP contribution in [0.4, 0.5) is 0 Å². The Hall–Kier alpha value is -1.84. The zero-order valence-electron chi connectivity index (χ0n) is 11.1. The van der Waals surface area contributed by atoms with Crippen LogP contribution in [-0.4, -0.2) is 15.3 Å². The molecule has 3 nitrogen and oxygen atoms in total. The van der Waals surface area contributed by atoms with Crippen LogP contribution < -0.4 is 0 Å². The van der Waals surface area contributed by atoms with E-state index in [1.165, 1.54) is 0 Å². The fraction of sp³-hybridized carbons (Fsp3) is 0.125. The van der Waals surface area contributed by atoms with Crippen LogP contribution in [0.25, 0.3) is 11.0 Å². The van der Waals surface area contributed by atoms with E-state index in [0.29, 0.717) is 10.0 Å². The van der Waals surface area contributed by atoms with Crippen molar-refractivity contribution in [2.75, 3.05) is 0 Å². The van der Waals surface area contributed by atoms with Gasteiger partial charge in [-0.3, -0.25) is 4.79 Å². The molecule has 2 aromatic carbocycles. The summed E-state index contributed by atoms with van der Waals surface area (Å²) in [6.45, 7) is 0.277. The van der Waals surface area contributed by atoms with Crippen LogP contribution in [0.15, 0.2) is 48.8 Å². The normalized spacial score (nSPS) is 11.0. The molecule has 1 aromatic heterocycles. The lowest BCUT2D eigenvalue weighted by Gasteiger charge is -2.06. The number of Topliss-reactive ketones (excluding diaryl/α,β-unsaturated/α-hetero) is 1. The molecule has 0 aliphatic heterocycles. The van der Waals surface area contributed by atoms with Gasteiger partial charge in [-0.2, -0.15) is 0 Å². The van der Waals surface area contributed by atoms with Crippen molar-refractivity contribution in [2.45, 2.75) is 13.0 Å². The fourth-order valence-corrected chi connectivity index (χ4v) is 2.73. The van der Waals surface area contributed by atoms with Crippen LogP contribution in [0.3, 0.4) is 0 Å². The Balaban J connectivity index is 1.77. The number of hydrogen-bond donors (Lipinski definition) is 0. The fourth-order valence-electron chi connectivity index (χ4n) is 2.26. The van der Waals surface area contributed by atoms with Crippen molar-refractivity contribution >= 4 is 40.0 Å². The van der Waals surface area contributed by atoms with Crippen molar-refractivity contribution in [1.29, 1.82) is 0 Å². The summed E-state index contributed by atoms with van der Waals surface area (Å²) in [4.78, 5) is 16.5. The lowest BCUT2D eigenvalue weighted by molar-refractivity contribution is -0.118. The molecule has 0 aliphatic carbocycles. The van der Waals surface area contributed by atoms with Crippen LogP contribution in [-0.2, 0) is 17.8 Å². The highest BCUT2D eigenvalue weighted by molar-refractivity contribution is 6.35. The molecule has 0 unspecified atom stereocenters. The second kappa shape index (κ2) is 5.88. The highest BCUT2D eigenvalue weighted by Gasteiger charge is 2.10. The summed E-state index contributed by atoms with van der Waals surface area (Å²) in [5.41, 5.74) is 2.62. The first-order valence-corrected chi connectivity index (χ1v) is 7.24. The monoisotopic (exact) mass is 318 g/mol. The SMILES string of the molecule is O=C(Cc1ccc(Cl)cc1Cl)Cn1cnc2ccccc21. The minimum absolute atomic E-state index is 0.0716. The third-order valence-electron chi connectivity index (χ3n) is 3.28. The van der Waals surface area contributed by atoms with Gasteiger partial charge in [0.05, 0.1) is 23.9 Å². The Morgan fingerprint density at radius 1 is 1.14 bits per heavy atom. The number of aromatic nitrogens is 2. The van der Waals surface area contributed by atoms with Gasteiger partial charge in [-0.15, -0.1) is 0 Å². The maximum absolute atomic E-state index is 12.2. The standard InChI is InChI=1S/C16H12Cl2N2O/c17-12-6-5-11(14(18)8-12)7-13(21)9-20-10-19-15-3-1-2-4-16(15)20/h1-6,8,10H,7,9H2. The second-order valence-corrected chi connectivity index (χ2v) is 5.66. The molecule has 0 atom stereocenters. The number of carbonyl (C=O) groups is 1. The average molecular weight is 319 g/mol. The summed E-state index contributed by atoms with van der Waals surface area (Å²) in [6.07, 6.45) is 1.97. The Bertz CT molecular complexity index is 811. The first-order chi connectivity index (χ1) is 10.1. The molecule has 3 rings (SSSR count). The van der Waals surface area contributed by atoms with E-state index in [1.54, 1.807) is 24.5 Å². The minimum Gasteiger partial charge on any atom is -0.323 e. The molecule has 0 fully saturated rings. The van der Waals surface area contributed by atoms with Gasteiger partial charge in [0.1, 0.15) is 0 Å². The molecule has 0 bridgehead atoms. The molecule has 3 aromatic rings. The highest BCUT2D eigenvalue weighted by atomic mass is 35.5. The summed E-state index contributed by atoms with van der Waals surface area (Å²) in [5.74, 6) is 0.0716. The van der Waals surface area contributed by atoms with Crippen LogP contribution in [0.5, 0.6) is 0 Å². The third kappa shape index (κ3) is 3.09. The van der Waals surface area contributed by atoms with Crippen molar-refractivity contribution in [3.63, 3.8) is 0 Å². The molecule has 0 aliphatic rings. The molecular formula is C16H12Cl2N2O. The molecule has 0 radical (unpaired) electrons. The summed E-state index contributed by atoms with van der Waals surface area (Å²) < 4.78 is 1.85. The summed E-state index contributed by atoms with van der Waals surface area (Å²) in [6, 6.07) is 12.9. The van der Waals surface area contributed by atoms with Crippen LogP contribution >= 0.6 is 23.2 Å². The van der Waals surface area contributed by atoms with E-state index in [-0.39, 0.29) is 18.7 Å². The quantitative estimate of drug-likeness (QED) is 0.724. The second-order valence-electron chi connectivity index (χ2n) is 4.81. The molecule has 0 spiro atoms. The number of ketones is 1. The van der Waals surface area contributed by atoms with Crippen molar-refractivity contribution in [3.05, 3.63) is 64.4 Å². The predicted octanol–water partition coefficient (Wildman–Crippen LogP) is 4.15. The van der Waals surface area contributed by atoms with Crippen molar-refractivity contribution < 1.29 is 4.79 Å². The predicted molar refractivity (Wildman–Crippen MR) is 84.9 cm³/mol. The maximum atomic E-state index is 12.2. The van der Waals surface area contributed by atoms with Crippen LogP contribution in [0.2, 0.25) is 10.0 Å². The summed E-state index contributed by atoms with van der Waals surface area (Å²) in [5, 5.41) is 1.09. The number of imidazole rings is 1. The number of para-hydroxylation sites is 2. The first kappa shape index (κ1) is 14.1. The van der Waals surface area contributed by atoms with E-state index in [0.717, 1.165) is 16.6 Å². The zero-order valence-corrected chi connectivity index (χ0v) is 12.6. The molecule has 106 valence electrons. The average Bonchev–Trinajstić information content (AvgIpc) is 2.85. The molecule has 0 amide bonds. The van der Waals surface area contributed by atoms with E-state index >= 15 is 0 Å². The molecule has 0 saturated heterocycles. The summed E-state index contributed by atoms with van der Waals surface area (Å²) >= 11 is 11.9. The Morgan fingerprint density at radius 3 is 2.76 bits per heavy atom. The van der Waals surface area contributed by atoms with Gasteiger partial charge in [0.2, 0.25) is 0 Å². The van der Waals surface area contributed by atoms with E-state index in [9.17, 15) is 4.79 Å². The van der Waals surface area contributed by atoms with Crippen molar-refractivity contribution in [3.8, 4) is 0 Å². The zero-order chi connectivity index (χ0) is 14.8. The Labute approximate surface area is 132 Å². The number of nitrogens with zero attached hydrogens (tertiary/aromatic N) is 2. The van der Waals surface area contributed by atoms with Gasteiger partial charge in [-0.25, -0.2) is 4.98 Å². The highest BCUT2D eigenvalue weighted by Crippen LogP contribution is 2.22. The molecule has 5 heteroatoms. The van der Waals surface area contributed by atoms with Gasteiger partial charge >= 0.3 is 0 Å². The van der Waals surface area contributed by atoms with E-state index in [2.05, 4.69) is 4.98 Å². The number of carbonyl (C=O) groups excluding carboxylic acids is 1. The Kier molecular flexibility index (Phi) is 3.95. The number of halogens is 2. The molecule has 1 heterocycles. The van der Waals surface area contributed by atoms with E-state index in [1.807, 2.05) is 28.8 Å². The summed E-state index contributed by atoms with van der Waals surface area (Å²) in [7, 11) is 0. The number of fused-ring (bicyclic) bond motifs is 1. The van der Waals surface area contributed by atoms with Gasteiger partial charge in [-0.1, -0.05) is 41.4 Å². The maximum Gasteiger partial charge on any atom is 0.156 e. The molecular weight excluding hydrogens is 307 g/mol. The lowest BCUT2D eigenvalue weighted by atomic mass is 10.1. The minimum atomic E-state index is 0.0716. The van der Waals surface area contributed by atoms with Gasteiger partial charge in [0, 0.05) is 16.5 Å². The van der Waals surface area contributed by atoms with E-state index < -0.39 is 0 Å². The van der Waals surface area contributed by atoms with E-state index in [4.69, 9.17) is 23.2 Å². The van der Waals surface area contributed by atoms with Crippen LogP contribution in [0.1, 0.15) is 5.56 Å². The lowest BCUT2D eigenvalue weighted by Crippen LogP contribution is -2.12. The van der Waals surface area contributed by atoms with Crippen molar-refractivity contribution in [2.24, 2.45) is 0 Å². The number of hydrogen-bond acceptors (Lipinski definition) is 2. The smallest absolute Gasteiger partial charge is 0.156 e. The first-order valence-electron chi connectivity index (χ1n) is 6.49. The van der Waals surface area contributed by atoms with Crippen LogP contribution in [0, 0.1) is 0 Å². The Morgan fingerprint density at radius 2 is 1.95 bits per heavy atom. The number of rotatable bonds is 4. The van der Waals surface area contributed by atoms with Gasteiger partial charge in [0.25, 0.3) is 0 Å². The van der Waals surface area contributed by atoms with Crippen molar-refractivity contribution in [1.82, 2.24) is 9.55 Å². The topological polar surface area (TPSA) is 34.9 Å². The van der Waals surface area contributed by atoms with Gasteiger partial charge in [-0.05, 0) is 29.8 Å². The molecule has 0 saturated carbocycles. The van der Waals surface area contributed by atoms with Gasteiger partial charge in [0.15, 0.2) is 5.78 Å². The third-order valence-corrected chi connectivity index (χ3v) is 3.86. The largest absolute Gasteiger partial charge is 0.323 e. The molecule has 21 heavy (non-hydrogen) atoms. The number of benzene rings is 2. The molecule has 0 N–H and O–H groups in total.